The normalized spacial score (nSPS) is 12.7. The Morgan fingerprint density at radius 2 is 2.17 bits per heavy atom. The van der Waals surface area contributed by atoms with E-state index in [2.05, 4.69) is 4.98 Å². The van der Waals surface area contributed by atoms with Crippen LogP contribution in [0.3, 0.4) is 0 Å². The number of fused-ring (bicyclic) bond motifs is 3. The zero-order valence-electron chi connectivity index (χ0n) is 13.3. The van der Waals surface area contributed by atoms with E-state index in [1.807, 2.05) is 38.1 Å². The van der Waals surface area contributed by atoms with Gasteiger partial charge in [0.25, 0.3) is 0 Å². The maximum Gasteiger partial charge on any atom is 0.332 e. The average Bonchev–Trinajstić information content (AvgIpc) is 2.97. The highest BCUT2D eigenvalue weighted by atomic mass is 16.7. The molecule has 0 aliphatic heterocycles. The molecule has 0 amide bonds. The zero-order chi connectivity index (χ0) is 16.4. The molecule has 3 aromatic rings. The summed E-state index contributed by atoms with van der Waals surface area (Å²) in [6, 6.07) is 7.75. The van der Waals surface area contributed by atoms with E-state index < -0.39 is 0 Å². The van der Waals surface area contributed by atoms with Gasteiger partial charge in [-0.05, 0) is 12.5 Å². The van der Waals surface area contributed by atoms with E-state index in [1.165, 1.54) is 11.1 Å². The van der Waals surface area contributed by atoms with Crippen LogP contribution < -0.4 is 10.6 Å². The lowest BCUT2D eigenvalue weighted by molar-refractivity contribution is -0.143. The van der Waals surface area contributed by atoms with Crippen molar-refractivity contribution in [3.8, 4) is 0 Å². The average molecular weight is 312 g/mol. The van der Waals surface area contributed by atoms with E-state index in [4.69, 9.17) is 15.6 Å². The maximum absolute atomic E-state index is 11.9. The van der Waals surface area contributed by atoms with Crippen molar-refractivity contribution < 1.29 is 9.63 Å². The molecule has 0 radical (unpaired) electrons. The lowest BCUT2D eigenvalue weighted by Crippen LogP contribution is -2.18. The second kappa shape index (κ2) is 6.34. The molecule has 0 saturated heterocycles. The summed E-state index contributed by atoms with van der Waals surface area (Å²) in [6.45, 7) is 4.43. The maximum atomic E-state index is 11.9. The van der Waals surface area contributed by atoms with Crippen molar-refractivity contribution in [1.29, 1.82) is 0 Å². The Morgan fingerprint density at radius 1 is 1.39 bits per heavy atom. The Labute approximate surface area is 134 Å². The van der Waals surface area contributed by atoms with Crippen molar-refractivity contribution in [2.45, 2.75) is 32.6 Å². The molecule has 0 bridgehead atoms. The van der Waals surface area contributed by atoms with Gasteiger partial charge in [0.1, 0.15) is 17.4 Å². The number of benzene rings is 1. The number of carbonyl (C=O) groups excluding carboxylic acids is 1. The van der Waals surface area contributed by atoms with Crippen LogP contribution in [0, 0.1) is 0 Å². The summed E-state index contributed by atoms with van der Waals surface area (Å²) in [5.74, 6) is -0.210. The van der Waals surface area contributed by atoms with Crippen molar-refractivity contribution in [1.82, 2.24) is 14.7 Å². The number of nitrogens with zero attached hydrogens (tertiary/aromatic N) is 3. The number of imidazole rings is 1. The number of carbonyl (C=O) groups is 1. The van der Waals surface area contributed by atoms with Gasteiger partial charge < -0.3 is 10.6 Å². The van der Waals surface area contributed by atoms with Gasteiger partial charge in [0.05, 0.1) is 11.2 Å². The topological polar surface area (TPSA) is 83.0 Å². The van der Waals surface area contributed by atoms with Crippen LogP contribution >= 0.6 is 0 Å². The highest BCUT2D eigenvalue weighted by molar-refractivity contribution is 6.03. The van der Waals surface area contributed by atoms with Crippen LogP contribution in [-0.2, 0) is 4.79 Å². The van der Waals surface area contributed by atoms with Crippen LogP contribution in [0.15, 0.2) is 30.6 Å². The summed E-state index contributed by atoms with van der Waals surface area (Å²) in [7, 11) is 0. The molecular formula is C17H20N4O2. The Kier molecular flexibility index (Phi) is 4.25. The van der Waals surface area contributed by atoms with Gasteiger partial charge in [0.15, 0.2) is 0 Å². The third-order valence-corrected chi connectivity index (χ3v) is 3.85. The standard InChI is InChI=1S/C17H20N4O2/c1-3-6-14(22)23-21-10-19-16-15(11(2)9-18)20-13-8-5-4-7-12(13)17(16)21/h4-5,7-8,10-11H,3,6,9,18H2,1-2H3. The molecule has 23 heavy (non-hydrogen) atoms. The van der Waals surface area contributed by atoms with Gasteiger partial charge in [-0.2, -0.15) is 4.73 Å². The van der Waals surface area contributed by atoms with Crippen LogP contribution in [-0.4, -0.2) is 27.2 Å². The predicted molar refractivity (Wildman–Crippen MR) is 89.0 cm³/mol. The van der Waals surface area contributed by atoms with Crippen LogP contribution in [0.25, 0.3) is 21.9 Å². The van der Waals surface area contributed by atoms with Crippen molar-refractivity contribution in [2.24, 2.45) is 5.73 Å². The van der Waals surface area contributed by atoms with Crippen molar-refractivity contribution in [2.75, 3.05) is 6.54 Å². The lowest BCUT2D eigenvalue weighted by atomic mass is 10.0. The molecule has 120 valence electrons. The number of pyridine rings is 1. The summed E-state index contributed by atoms with van der Waals surface area (Å²) in [5.41, 5.74) is 8.96. The molecule has 2 heterocycles. The molecule has 0 aliphatic carbocycles. The molecule has 0 aliphatic rings. The van der Waals surface area contributed by atoms with E-state index in [0.717, 1.165) is 34.1 Å². The largest absolute Gasteiger partial charge is 0.335 e. The summed E-state index contributed by atoms with van der Waals surface area (Å²) in [5, 5.41) is 0.900. The molecular weight excluding hydrogens is 292 g/mol. The Hall–Kier alpha value is -2.47. The SMILES string of the molecule is CCCC(=O)On1cnc2c(C(C)CN)nc3ccccc3c21. The predicted octanol–water partition coefficient (Wildman–Crippen LogP) is 2.40. The van der Waals surface area contributed by atoms with Crippen molar-refractivity contribution in [3.63, 3.8) is 0 Å². The van der Waals surface area contributed by atoms with Gasteiger partial charge in [-0.25, -0.2) is 9.78 Å². The van der Waals surface area contributed by atoms with Crippen molar-refractivity contribution in [3.05, 3.63) is 36.3 Å². The van der Waals surface area contributed by atoms with Crippen LogP contribution in [0.4, 0.5) is 0 Å². The third kappa shape index (κ3) is 2.77. The molecule has 0 saturated carbocycles. The smallest absolute Gasteiger partial charge is 0.332 e. The first-order chi connectivity index (χ1) is 11.2. The summed E-state index contributed by atoms with van der Waals surface area (Å²) in [6.07, 6.45) is 2.64. The first kappa shape index (κ1) is 15.4. The van der Waals surface area contributed by atoms with Gasteiger partial charge in [-0.3, -0.25) is 4.98 Å². The van der Waals surface area contributed by atoms with E-state index in [0.29, 0.717) is 13.0 Å². The van der Waals surface area contributed by atoms with E-state index in [9.17, 15) is 4.79 Å². The number of hydrogen-bond acceptors (Lipinski definition) is 5. The molecule has 1 aromatic carbocycles. The summed E-state index contributed by atoms with van der Waals surface area (Å²) < 4.78 is 1.45. The number of nitrogens with two attached hydrogens (primary N) is 1. The zero-order valence-corrected chi connectivity index (χ0v) is 13.3. The van der Waals surface area contributed by atoms with Crippen molar-refractivity contribution >= 4 is 27.9 Å². The van der Waals surface area contributed by atoms with Gasteiger partial charge in [0.2, 0.25) is 0 Å². The van der Waals surface area contributed by atoms with Crippen LogP contribution in [0.5, 0.6) is 0 Å². The second-order valence-electron chi connectivity index (χ2n) is 5.63. The Balaban J connectivity index is 2.23. The number of rotatable bonds is 5. The first-order valence-corrected chi connectivity index (χ1v) is 7.82. The second-order valence-corrected chi connectivity index (χ2v) is 5.63. The van der Waals surface area contributed by atoms with Crippen LogP contribution in [0.2, 0.25) is 0 Å². The van der Waals surface area contributed by atoms with Gasteiger partial charge in [-0.15, -0.1) is 0 Å². The molecule has 0 spiro atoms. The number of para-hydroxylation sites is 1. The fraction of sp³-hybridized carbons (Fsp3) is 0.353. The summed E-state index contributed by atoms with van der Waals surface area (Å²) >= 11 is 0. The molecule has 0 fully saturated rings. The molecule has 2 aromatic heterocycles. The van der Waals surface area contributed by atoms with Gasteiger partial charge >= 0.3 is 5.97 Å². The monoisotopic (exact) mass is 312 g/mol. The fourth-order valence-corrected chi connectivity index (χ4v) is 2.61. The quantitative estimate of drug-likeness (QED) is 0.782. The van der Waals surface area contributed by atoms with Crippen LogP contribution in [0.1, 0.15) is 38.3 Å². The number of aromatic nitrogens is 3. The Morgan fingerprint density at radius 3 is 2.91 bits per heavy atom. The Bertz CT molecular complexity index is 856. The minimum Gasteiger partial charge on any atom is -0.335 e. The first-order valence-electron chi connectivity index (χ1n) is 7.82. The molecule has 1 atom stereocenters. The number of hydrogen-bond donors (Lipinski definition) is 1. The van der Waals surface area contributed by atoms with E-state index in [-0.39, 0.29) is 11.9 Å². The fourth-order valence-electron chi connectivity index (χ4n) is 2.61. The summed E-state index contributed by atoms with van der Waals surface area (Å²) in [4.78, 5) is 26.4. The molecule has 1 unspecified atom stereocenters. The highest BCUT2D eigenvalue weighted by Crippen LogP contribution is 2.28. The van der Waals surface area contributed by atoms with Gasteiger partial charge in [0, 0.05) is 24.3 Å². The lowest BCUT2D eigenvalue weighted by Gasteiger charge is -2.12. The molecule has 3 rings (SSSR count). The molecule has 6 nitrogen and oxygen atoms in total. The molecule has 2 N–H and O–H groups in total. The highest BCUT2D eigenvalue weighted by Gasteiger charge is 2.19. The third-order valence-electron chi connectivity index (χ3n) is 3.85. The minimum atomic E-state index is -0.277. The minimum absolute atomic E-state index is 0.0665. The molecule has 6 heteroatoms. The van der Waals surface area contributed by atoms with E-state index >= 15 is 0 Å². The van der Waals surface area contributed by atoms with Gasteiger partial charge in [-0.1, -0.05) is 32.0 Å². The van der Waals surface area contributed by atoms with E-state index in [1.54, 1.807) is 0 Å².